The quantitative estimate of drug-likeness (QED) is 0.831. The second-order valence-electron chi connectivity index (χ2n) is 5.74. The smallest absolute Gasteiger partial charge is 0.227 e. The molecular formula is C13H27Cl2N3O. The van der Waals surface area contributed by atoms with Gasteiger partial charge in [-0.3, -0.25) is 4.79 Å². The average Bonchev–Trinajstić information content (AvgIpc) is 2.82. The van der Waals surface area contributed by atoms with Crippen LogP contribution in [0.25, 0.3) is 0 Å². The summed E-state index contributed by atoms with van der Waals surface area (Å²) in [6.07, 6.45) is 6.39. The Balaban J connectivity index is 0.00000162. The molecule has 0 aromatic carbocycles. The molecule has 19 heavy (non-hydrogen) atoms. The zero-order chi connectivity index (χ0) is 12.3. The number of halogens is 2. The summed E-state index contributed by atoms with van der Waals surface area (Å²) in [6.45, 7) is 2.67. The maximum absolute atomic E-state index is 12.3. The highest BCUT2D eigenvalue weighted by atomic mass is 35.5. The molecule has 1 amide bonds. The van der Waals surface area contributed by atoms with Crippen LogP contribution in [0.5, 0.6) is 0 Å². The number of rotatable bonds is 3. The van der Waals surface area contributed by atoms with Crippen LogP contribution in [0.15, 0.2) is 0 Å². The molecule has 3 N–H and O–H groups in total. The van der Waals surface area contributed by atoms with E-state index in [0.717, 1.165) is 51.6 Å². The first-order valence-electron chi connectivity index (χ1n) is 6.86. The Kier molecular flexibility index (Phi) is 8.29. The second-order valence-corrected chi connectivity index (χ2v) is 5.74. The van der Waals surface area contributed by atoms with Gasteiger partial charge in [0.1, 0.15) is 0 Å². The van der Waals surface area contributed by atoms with Gasteiger partial charge in [-0.25, -0.2) is 0 Å². The minimum atomic E-state index is -0.247. The summed E-state index contributed by atoms with van der Waals surface area (Å²) in [4.78, 5) is 14.7. The van der Waals surface area contributed by atoms with Crippen molar-refractivity contribution in [1.29, 1.82) is 0 Å². The molecule has 0 radical (unpaired) electrons. The van der Waals surface area contributed by atoms with Gasteiger partial charge in [0, 0.05) is 12.6 Å². The van der Waals surface area contributed by atoms with E-state index in [1.165, 1.54) is 0 Å². The van der Waals surface area contributed by atoms with Crippen molar-refractivity contribution in [2.75, 3.05) is 26.7 Å². The first-order valence-corrected chi connectivity index (χ1v) is 6.86. The molecule has 2 fully saturated rings. The molecule has 1 aliphatic heterocycles. The number of hydrogen-bond acceptors (Lipinski definition) is 3. The Morgan fingerprint density at radius 3 is 2.26 bits per heavy atom. The number of nitrogens with two attached hydrogens (primary N) is 1. The Morgan fingerprint density at radius 2 is 1.79 bits per heavy atom. The van der Waals surface area contributed by atoms with Gasteiger partial charge < -0.3 is 16.0 Å². The number of carbonyl (C=O) groups is 1. The molecule has 2 rings (SSSR count). The highest BCUT2D eigenvalue weighted by Gasteiger charge is 2.40. The van der Waals surface area contributed by atoms with Gasteiger partial charge in [-0.05, 0) is 45.8 Å². The van der Waals surface area contributed by atoms with E-state index in [1.54, 1.807) is 0 Å². The van der Waals surface area contributed by atoms with E-state index in [1.807, 2.05) is 0 Å². The lowest BCUT2D eigenvalue weighted by molar-refractivity contribution is -0.131. The molecular weight excluding hydrogens is 285 g/mol. The third-order valence-electron chi connectivity index (χ3n) is 4.49. The number of amides is 1. The molecule has 1 heterocycles. The normalized spacial score (nSPS) is 23.3. The van der Waals surface area contributed by atoms with E-state index in [4.69, 9.17) is 5.73 Å². The number of nitrogens with one attached hydrogen (secondary N) is 1. The summed E-state index contributed by atoms with van der Waals surface area (Å²) in [7, 11) is 2.14. The van der Waals surface area contributed by atoms with Crippen molar-refractivity contribution >= 4 is 30.7 Å². The summed E-state index contributed by atoms with van der Waals surface area (Å²) in [6, 6.07) is 0.364. The third-order valence-corrected chi connectivity index (χ3v) is 4.49. The minimum absolute atomic E-state index is 0. The van der Waals surface area contributed by atoms with Gasteiger partial charge in [0.15, 0.2) is 0 Å². The molecule has 6 heteroatoms. The molecule has 1 aliphatic carbocycles. The number of piperidine rings is 1. The predicted octanol–water partition coefficient (Wildman–Crippen LogP) is 1.56. The summed E-state index contributed by atoms with van der Waals surface area (Å²) in [5, 5.41) is 3.23. The monoisotopic (exact) mass is 311 g/mol. The molecule has 2 aliphatic rings. The highest BCUT2D eigenvalue weighted by molar-refractivity contribution is 5.85. The van der Waals surface area contributed by atoms with E-state index in [9.17, 15) is 4.79 Å². The van der Waals surface area contributed by atoms with E-state index in [2.05, 4.69) is 17.3 Å². The van der Waals surface area contributed by atoms with Gasteiger partial charge in [-0.2, -0.15) is 0 Å². The first kappa shape index (κ1) is 19.0. The molecule has 0 bridgehead atoms. The van der Waals surface area contributed by atoms with Crippen LogP contribution < -0.4 is 11.1 Å². The van der Waals surface area contributed by atoms with Crippen LogP contribution in [0.1, 0.15) is 38.5 Å². The molecule has 1 saturated heterocycles. The van der Waals surface area contributed by atoms with Crippen LogP contribution in [-0.4, -0.2) is 43.5 Å². The lowest BCUT2D eigenvalue weighted by Crippen LogP contribution is -2.50. The van der Waals surface area contributed by atoms with Crippen molar-refractivity contribution in [1.82, 2.24) is 10.2 Å². The fourth-order valence-corrected chi connectivity index (χ4v) is 3.07. The van der Waals surface area contributed by atoms with Gasteiger partial charge >= 0.3 is 0 Å². The maximum Gasteiger partial charge on any atom is 0.227 e. The Morgan fingerprint density at radius 1 is 1.26 bits per heavy atom. The molecule has 0 aromatic rings. The number of nitrogens with zero attached hydrogens (tertiary/aromatic N) is 1. The van der Waals surface area contributed by atoms with E-state index >= 15 is 0 Å². The van der Waals surface area contributed by atoms with Crippen LogP contribution in [0.3, 0.4) is 0 Å². The standard InChI is InChI=1S/C13H25N3O.2ClH/c1-16-8-4-11(5-9-16)15-12(17)13(10-14)6-2-3-7-13;;/h11H,2-10,14H2,1H3,(H,15,17);2*1H. The molecule has 0 atom stereocenters. The van der Waals surface area contributed by atoms with Gasteiger partial charge in [-0.1, -0.05) is 12.8 Å². The minimum Gasteiger partial charge on any atom is -0.353 e. The molecule has 4 nitrogen and oxygen atoms in total. The van der Waals surface area contributed by atoms with Gasteiger partial charge in [-0.15, -0.1) is 24.8 Å². The fourth-order valence-electron chi connectivity index (χ4n) is 3.07. The van der Waals surface area contributed by atoms with E-state index in [-0.39, 0.29) is 36.1 Å². The summed E-state index contributed by atoms with van der Waals surface area (Å²) >= 11 is 0. The van der Waals surface area contributed by atoms with Gasteiger partial charge in [0.25, 0.3) is 0 Å². The SMILES string of the molecule is CN1CCC(NC(=O)C2(CN)CCCC2)CC1.Cl.Cl. The van der Waals surface area contributed by atoms with Crippen molar-refractivity contribution in [2.24, 2.45) is 11.1 Å². The van der Waals surface area contributed by atoms with Crippen molar-refractivity contribution in [3.63, 3.8) is 0 Å². The summed E-state index contributed by atoms with van der Waals surface area (Å²) in [5.74, 6) is 0.215. The largest absolute Gasteiger partial charge is 0.353 e. The van der Waals surface area contributed by atoms with Crippen LogP contribution in [0.4, 0.5) is 0 Å². The Labute approximate surface area is 128 Å². The van der Waals surface area contributed by atoms with E-state index in [0.29, 0.717) is 12.6 Å². The second kappa shape index (κ2) is 8.30. The average molecular weight is 312 g/mol. The van der Waals surface area contributed by atoms with E-state index < -0.39 is 0 Å². The third kappa shape index (κ3) is 4.48. The number of hydrogen-bond donors (Lipinski definition) is 2. The maximum atomic E-state index is 12.3. The summed E-state index contributed by atoms with van der Waals surface area (Å²) < 4.78 is 0. The lowest BCUT2D eigenvalue weighted by atomic mass is 9.84. The Hall–Kier alpha value is -0.0300. The van der Waals surface area contributed by atoms with Gasteiger partial charge in [0.05, 0.1) is 5.41 Å². The molecule has 0 unspecified atom stereocenters. The van der Waals surface area contributed by atoms with Crippen LogP contribution in [-0.2, 0) is 4.79 Å². The zero-order valence-electron chi connectivity index (χ0n) is 11.7. The first-order chi connectivity index (χ1) is 8.16. The van der Waals surface area contributed by atoms with Crippen LogP contribution in [0, 0.1) is 5.41 Å². The van der Waals surface area contributed by atoms with Crippen LogP contribution >= 0.6 is 24.8 Å². The molecule has 0 spiro atoms. The number of likely N-dealkylation sites (tertiary alicyclic amines) is 1. The molecule has 114 valence electrons. The zero-order valence-corrected chi connectivity index (χ0v) is 13.3. The Bertz CT molecular complexity index is 275. The topological polar surface area (TPSA) is 58.4 Å². The lowest BCUT2D eigenvalue weighted by Gasteiger charge is -2.33. The fraction of sp³-hybridized carbons (Fsp3) is 0.923. The van der Waals surface area contributed by atoms with Gasteiger partial charge in [0.2, 0.25) is 5.91 Å². The highest BCUT2D eigenvalue weighted by Crippen LogP contribution is 2.37. The van der Waals surface area contributed by atoms with Crippen molar-refractivity contribution in [3.8, 4) is 0 Å². The molecule has 0 aromatic heterocycles. The van der Waals surface area contributed by atoms with Crippen molar-refractivity contribution in [3.05, 3.63) is 0 Å². The summed E-state index contributed by atoms with van der Waals surface area (Å²) in [5.41, 5.74) is 5.58. The predicted molar refractivity (Wildman–Crippen MR) is 83.1 cm³/mol. The van der Waals surface area contributed by atoms with Crippen LogP contribution in [0.2, 0.25) is 0 Å². The van der Waals surface area contributed by atoms with Crippen molar-refractivity contribution in [2.45, 2.75) is 44.6 Å². The number of carbonyl (C=O) groups excluding carboxylic acids is 1. The van der Waals surface area contributed by atoms with Crippen molar-refractivity contribution < 1.29 is 4.79 Å². The molecule has 1 saturated carbocycles.